The number of benzene rings is 4. The molecule has 286 valence electrons. The molecule has 0 saturated heterocycles. The van der Waals surface area contributed by atoms with E-state index in [1.54, 1.807) is 47.2 Å². The standard InChI is InChI=1S/C20H17F4NO2.C19H15F4NO2.Na.H2O/c1-27-19(26)16-12-25(10-9-21)17-4-2-3-14(18(16)17)11-13-5-7-15(8-6-13)20(22,23)24;20-8-9-24-11-15(18(25)26)17-13(2-1-3-16(17)24)10-12-4-6-14(7-5-12)19(21,22)23;;/h2-8,12H,9-11H2,1H3;1-7,11H,8-10H2,(H,25,26);;1H2/q;;+1;/p-1. The fraction of sp³-hybridized carbons (Fsp3) is 0.231. The quantitative estimate of drug-likeness (QED) is 0.0941. The predicted octanol–water partition coefficient (Wildman–Crippen LogP) is 6.75. The number of hydrogen-bond donors (Lipinski definition) is 1. The van der Waals surface area contributed by atoms with E-state index in [-0.39, 0.29) is 60.1 Å². The number of carboxylic acid groups (broad SMARTS) is 1. The molecule has 6 aromatic rings. The number of fused-ring (bicyclic) bond motifs is 2. The molecule has 0 aliphatic rings. The smallest absolute Gasteiger partial charge is 0.870 e. The SMILES string of the molecule is COC(=O)c1cn(CCF)c2cccc(Cc3ccc(C(F)(F)F)cc3)c12.O=C(O)c1cn(CCF)c2cccc(Cc3ccc(C(F)(F)F)cc3)c12.[Na+].[OH-]. The monoisotopic (exact) mass is 784 g/mol. The van der Waals surface area contributed by atoms with Crippen LogP contribution >= 0.6 is 0 Å². The van der Waals surface area contributed by atoms with Crippen molar-refractivity contribution in [3.8, 4) is 0 Å². The summed E-state index contributed by atoms with van der Waals surface area (Å²) < 4.78 is 110. The number of esters is 1. The van der Waals surface area contributed by atoms with Crippen LogP contribution < -0.4 is 29.6 Å². The average molecular weight is 785 g/mol. The molecule has 0 atom stereocenters. The fourth-order valence-electron chi connectivity index (χ4n) is 6.19. The van der Waals surface area contributed by atoms with Gasteiger partial charge in [-0.15, -0.1) is 0 Å². The predicted molar refractivity (Wildman–Crippen MR) is 185 cm³/mol. The molecule has 2 aromatic heterocycles. The van der Waals surface area contributed by atoms with E-state index in [4.69, 9.17) is 4.74 Å². The topological polar surface area (TPSA) is 103 Å². The van der Waals surface area contributed by atoms with Gasteiger partial charge in [0.25, 0.3) is 0 Å². The third-order valence-electron chi connectivity index (χ3n) is 8.62. The van der Waals surface area contributed by atoms with Gasteiger partial charge in [-0.1, -0.05) is 48.5 Å². The second-order valence-corrected chi connectivity index (χ2v) is 12.0. The van der Waals surface area contributed by atoms with Gasteiger partial charge in [0.05, 0.1) is 42.5 Å². The number of alkyl halides is 8. The fourth-order valence-corrected chi connectivity index (χ4v) is 6.19. The molecular weight excluding hydrogens is 751 g/mol. The molecular formula is C39H33F8N2NaO5. The normalized spacial score (nSPS) is 11.4. The summed E-state index contributed by atoms with van der Waals surface area (Å²) >= 11 is 0. The van der Waals surface area contributed by atoms with Crippen molar-refractivity contribution in [3.05, 3.63) is 142 Å². The molecule has 7 nitrogen and oxygen atoms in total. The van der Waals surface area contributed by atoms with Gasteiger partial charge in [0.2, 0.25) is 0 Å². The van der Waals surface area contributed by atoms with Crippen LogP contribution in [0, 0.1) is 0 Å². The number of nitrogens with zero attached hydrogens (tertiary/aromatic N) is 2. The summed E-state index contributed by atoms with van der Waals surface area (Å²) in [5.74, 6) is -1.68. The molecule has 0 radical (unpaired) electrons. The number of carboxylic acids is 1. The van der Waals surface area contributed by atoms with Crippen LogP contribution in [0.1, 0.15) is 54.1 Å². The molecule has 0 aliphatic carbocycles. The second-order valence-electron chi connectivity index (χ2n) is 12.0. The minimum absolute atomic E-state index is 0. The summed E-state index contributed by atoms with van der Waals surface area (Å²) in [6.07, 6.45) is -5.25. The number of aromatic nitrogens is 2. The van der Waals surface area contributed by atoms with Crippen molar-refractivity contribution in [1.29, 1.82) is 0 Å². The van der Waals surface area contributed by atoms with Crippen LogP contribution in [0.2, 0.25) is 0 Å². The summed E-state index contributed by atoms with van der Waals surface area (Å²) in [4.78, 5) is 23.7. The Kier molecular flexibility index (Phi) is 15.2. The van der Waals surface area contributed by atoms with Crippen molar-refractivity contribution in [2.24, 2.45) is 0 Å². The summed E-state index contributed by atoms with van der Waals surface area (Å²) in [5.41, 5.74) is 2.89. The Hall–Kier alpha value is -4.70. The van der Waals surface area contributed by atoms with Gasteiger partial charge in [0, 0.05) is 34.2 Å². The Morgan fingerprint density at radius 3 is 1.36 bits per heavy atom. The third-order valence-corrected chi connectivity index (χ3v) is 8.62. The first kappa shape index (κ1) is 44.7. The summed E-state index contributed by atoms with van der Waals surface area (Å²) in [5, 5.41) is 10.6. The van der Waals surface area contributed by atoms with Crippen molar-refractivity contribution in [2.45, 2.75) is 38.3 Å². The van der Waals surface area contributed by atoms with Crippen LogP contribution in [0.4, 0.5) is 35.1 Å². The molecule has 6 rings (SSSR count). The first-order valence-electron chi connectivity index (χ1n) is 16.1. The molecule has 0 bridgehead atoms. The van der Waals surface area contributed by atoms with Crippen molar-refractivity contribution < 1.29 is 89.6 Å². The van der Waals surface area contributed by atoms with E-state index in [0.717, 1.165) is 29.8 Å². The summed E-state index contributed by atoms with van der Waals surface area (Å²) in [6.45, 7) is -1.09. The zero-order valence-electron chi connectivity index (χ0n) is 29.5. The van der Waals surface area contributed by atoms with Gasteiger partial charge in [0.15, 0.2) is 0 Å². The number of rotatable bonds is 10. The summed E-state index contributed by atoms with van der Waals surface area (Å²) in [7, 11) is 1.26. The number of hydrogen-bond acceptors (Lipinski definition) is 4. The first-order valence-corrected chi connectivity index (χ1v) is 16.1. The molecule has 0 aliphatic heterocycles. The number of aryl methyl sites for hydroxylation is 2. The minimum Gasteiger partial charge on any atom is -0.870 e. The Bertz CT molecular complexity index is 2230. The Morgan fingerprint density at radius 1 is 0.636 bits per heavy atom. The maximum absolute atomic E-state index is 12.9. The number of carbonyl (C=O) groups excluding carboxylic acids is 1. The van der Waals surface area contributed by atoms with Crippen molar-refractivity contribution in [2.75, 3.05) is 20.5 Å². The number of halogens is 8. The molecule has 16 heteroatoms. The van der Waals surface area contributed by atoms with Gasteiger partial charge in [-0.05, 0) is 71.5 Å². The number of carbonyl (C=O) groups is 2. The molecule has 2 heterocycles. The van der Waals surface area contributed by atoms with Crippen LogP contribution in [0.15, 0.2) is 97.3 Å². The zero-order valence-corrected chi connectivity index (χ0v) is 31.5. The third kappa shape index (κ3) is 10.3. The molecule has 55 heavy (non-hydrogen) atoms. The van der Waals surface area contributed by atoms with Gasteiger partial charge in [-0.2, -0.15) is 26.3 Å². The van der Waals surface area contributed by atoms with Crippen molar-refractivity contribution in [1.82, 2.24) is 9.13 Å². The molecule has 0 fully saturated rings. The maximum Gasteiger partial charge on any atom is 1.00 e. The van der Waals surface area contributed by atoms with Gasteiger partial charge in [-0.3, -0.25) is 0 Å². The van der Waals surface area contributed by atoms with E-state index in [2.05, 4.69) is 0 Å². The largest absolute Gasteiger partial charge is 1.00 e. The Morgan fingerprint density at radius 2 is 1.02 bits per heavy atom. The van der Waals surface area contributed by atoms with E-state index in [9.17, 15) is 49.8 Å². The van der Waals surface area contributed by atoms with Crippen LogP contribution in [-0.4, -0.2) is 52.1 Å². The molecule has 0 spiro atoms. The second kappa shape index (κ2) is 18.8. The van der Waals surface area contributed by atoms with E-state index in [1.165, 1.54) is 42.1 Å². The number of ether oxygens (including phenoxy) is 1. The molecule has 2 N–H and O–H groups in total. The van der Waals surface area contributed by atoms with Gasteiger partial charge in [0.1, 0.15) is 13.3 Å². The average Bonchev–Trinajstić information content (AvgIpc) is 3.68. The first-order chi connectivity index (χ1) is 25.2. The van der Waals surface area contributed by atoms with Crippen molar-refractivity contribution in [3.63, 3.8) is 0 Å². The van der Waals surface area contributed by atoms with E-state index >= 15 is 0 Å². The van der Waals surface area contributed by atoms with E-state index in [1.807, 2.05) is 0 Å². The number of aromatic carboxylic acids is 1. The van der Waals surface area contributed by atoms with E-state index < -0.39 is 48.8 Å². The zero-order chi connectivity index (χ0) is 38.5. The number of methoxy groups -OCH3 is 1. The van der Waals surface area contributed by atoms with Crippen LogP contribution in [0.3, 0.4) is 0 Å². The van der Waals surface area contributed by atoms with Crippen LogP contribution in [0.5, 0.6) is 0 Å². The van der Waals surface area contributed by atoms with Gasteiger partial charge < -0.3 is 24.5 Å². The maximum atomic E-state index is 12.9. The van der Waals surface area contributed by atoms with Crippen molar-refractivity contribution >= 4 is 33.7 Å². The van der Waals surface area contributed by atoms with Gasteiger partial charge in [-0.25, -0.2) is 18.4 Å². The molecule has 4 aromatic carbocycles. The molecule has 0 amide bonds. The molecule has 0 saturated carbocycles. The van der Waals surface area contributed by atoms with E-state index in [0.29, 0.717) is 50.5 Å². The summed E-state index contributed by atoms with van der Waals surface area (Å²) in [6, 6.07) is 20.1. The minimum atomic E-state index is -4.40. The Balaban J connectivity index is 0.000000285. The van der Waals surface area contributed by atoms with Gasteiger partial charge >= 0.3 is 53.8 Å². The molecule has 0 unspecified atom stereocenters. The van der Waals surface area contributed by atoms with Crippen LogP contribution in [0.25, 0.3) is 21.8 Å². The Labute approximate surface area is 331 Å². The van der Waals surface area contributed by atoms with Crippen LogP contribution in [-0.2, 0) is 43.0 Å².